The summed E-state index contributed by atoms with van der Waals surface area (Å²) in [5.74, 6) is 1.07. The highest BCUT2D eigenvalue weighted by molar-refractivity contribution is 6.03. The van der Waals surface area contributed by atoms with Crippen LogP contribution in [0.15, 0.2) is 54.6 Å². The highest BCUT2D eigenvalue weighted by Crippen LogP contribution is 2.29. The van der Waals surface area contributed by atoms with Crippen LogP contribution in [0.25, 0.3) is 0 Å². The monoisotopic (exact) mass is 375 g/mol. The van der Waals surface area contributed by atoms with Crippen LogP contribution in [0.2, 0.25) is 0 Å². The number of rotatable bonds is 6. The molecule has 3 aromatic rings. The predicted octanol–water partition coefficient (Wildman–Crippen LogP) is 3.36. The Kier molecular flexibility index (Phi) is 5.67. The largest absolute Gasteiger partial charge is 0.497 e. The quantitative estimate of drug-likeness (QED) is 0.680. The van der Waals surface area contributed by atoms with Crippen molar-refractivity contribution < 1.29 is 14.3 Å². The van der Waals surface area contributed by atoms with E-state index in [0.29, 0.717) is 34.3 Å². The van der Waals surface area contributed by atoms with Crippen LogP contribution in [0.3, 0.4) is 0 Å². The van der Waals surface area contributed by atoms with E-state index in [1.807, 2.05) is 0 Å². The molecule has 2 aromatic carbocycles. The topological polar surface area (TPSA) is 109 Å². The summed E-state index contributed by atoms with van der Waals surface area (Å²) in [5, 5.41) is 22.8. The zero-order valence-corrected chi connectivity index (χ0v) is 15.3. The summed E-state index contributed by atoms with van der Waals surface area (Å²) < 4.78 is 10.4. The van der Waals surface area contributed by atoms with E-state index in [9.17, 15) is 4.79 Å². The Labute approximate surface area is 161 Å². The van der Waals surface area contributed by atoms with Gasteiger partial charge in [-0.1, -0.05) is 12.1 Å². The van der Waals surface area contributed by atoms with Gasteiger partial charge in [-0.15, -0.1) is 10.2 Å². The lowest BCUT2D eigenvalue weighted by Gasteiger charge is -2.11. The summed E-state index contributed by atoms with van der Waals surface area (Å²) >= 11 is 0. The highest BCUT2D eigenvalue weighted by atomic mass is 16.5. The van der Waals surface area contributed by atoms with E-state index in [4.69, 9.17) is 14.7 Å². The normalized spacial score (nSPS) is 9.89. The average molecular weight is 375 g/mol. The SMILES string of the molecule is COc1ccc(NC(=O)c2ccc(Nc3ccccc3C#N)nn2)c(OC)c1. The molecule has 1 amide bonds. The number of amides is 1. The van der Waals surface area contributed by atoms with Crippen LogP contribution in [0.4, 0.5) is 17.2 Å². The number of ether oxygens (including phenoxy) is 2. The van der Waals surface area contributed by atoms with E-state index in [1.165, 1.54) is 13.2 Å². The second-order valence-corrected chi connectivity index (χ2v) is 5.61. The molecule has 0 spiro atoms. The van der Waals surface area contributed by atoms with Crippen molar-refractivity contribution in [3.05, 3.63) is 65.9 Å². The zero-order valence-electron chi connectivity index (χ0n) is 15.3. The van der Waals surface area contributed by atoms with Crippen LogP contribution >= 0.6 is 0 Å². The van der Waals surface area contributed by atoms with Crippen molar-refractivity contribution in [2.24, 2.45) is 0 Å². The standard InChI is InChI=1S/C20H17N5O3/c1-27-14-7-8-16(18(11-14)28-2)23-20(26)17-9-10-19(25-24-17)22-15-6-4-3-5-13(15)12-21/h3-11H,1-2H3,(H,22,25)(H,23,26). The molecule has 3 rings (SSSR count). The first-order valence-corrected chi connectivity index (χ1v) is 8.28. The highest BCUT2D eigenvalue weighted by Gasteiger charge is 2.13. The molecule has 0 fully saturated rings. The van der Waals surface area contributed by atoms with E-state index in [2.05, 4.69) is 26.9 Å². The van der Waals surface area contributed by atoms with Gasteiger partial charge in [-0.25, -0.2) is 0 Å². The number of carbonyl (C=O) groups excluding carboxylic acids is 1. The summed E-state index contributed by atoms with van der Waals surface area (Å²) in [7, 11) is 3.05. The number of aromatic nitrogens is 2. The van der Waals surface area contributed by atoms with Crippen molar-refractivity contribution >= 4 is 23.1 Å². The van der Waals surface area contributed by atoms with Crippen LogP contribution in [-0.2, 0) is 0 Å². The number of nitrogens with one attached hydrogen (secondary N) is 2. The molecule has 0 unspecified atom stereocenters. The predicted molar refractivity (Wildman–Crippen MR) is 104 cm³/mol. The molecule has 0 aliphatic heterocycles. The number of carbonyl (C=O) groups is 1. The maximum atomic E-state index is 12.4. The lowest BCUT2D eigenvalue weighted by atomic mass is 10.2. The van der Waals surface area contributed by atoms with Gasteiger partial charge in [0.15, 0.2) is 11.5 Å². The number of hydrogen-bond donors (Lipinski definition) is 2. The second kappa shape index (κ2) is 8.51. The van der Waals surface area contributed by atoms with Gasteiger partial charge >= 0.3 is 0 Å². The van der Waals surface area contributed by atoms with Crippen molar-refractivity contribution in [2.75, 3.05) is 24.9 Å². The molecule has 28 heavy (non-hydrogen) atoms. The van der Waals surface area contributed by atoms with Gasteiger partial charge < -0.3 is 20.1 Å². The first-order valence-electron chi connectivity index (χ1n) is 8.28. The van der Waals surface area contributed by atoms with Crippen molar-refractivity contribution in [3.63, 3.8) is 0 Å². The van der Waals surface area contributed by atoms with Crippen molar-refractivity contribution in [1.29, 1.82) is 5.26 Å². The Morgan fingerprint density at radius 1 is 1.00 bits per heavy atom. The second-order valence-electron chi connectivity index (χ2n) is 5.61. The Morgan fingerprint density at radius 3 is 2.50 bits per heavy atom. The average Bonchev–Trinajstić information content (AvgIpc) is 2.74. The van der Waals surface area contributed by atoms with Crippen molar-refractivity contribution in [1.82, 2.24) is 10.2 Å². The van der Waals surface area contributed by atoms with Gasteiger partial charge in [-0.05, 0) is 36.4 Å². The maximum Gasteiger partial charge on any atom is 0.276 e. The Hall–Kier alpha value is -4.12. The number of anilines is 3. The molecule has 1 heterocycles. The van der Waals surface area contributed by atoms with E-state index in [1.54, 1.807) is 55.6 Å². The molecular weight excluding hydrogens is 358 g/mol. The number of para-hydroxylation sites is 1. The van der Waals surface area contributed by atoms with Crippen LogP contribution in [0.5, 0.6) is 11.5 Å². The summed E-state index contributed by atoms with van der Waals surface area (Å²) in [4.78, 5) is 12.4. The lowest BCUT2D eigenvalue weighted by molar-refractivity contribution is 0.102. The maximum absolute atomic E-state index is 12.4. The van der Waals surface area contributed by atoms with Gasteiger partial charge in [0.25, 0.3) is 5.91 Å². The summed E-state index contributed by atoms with van der Waals surface area (Å²) in [6.45, 7) is 0. The van der Waals surface area contributed by atoms with Crippen LogP contribution in [-0.4, -0.2) is 30.3 Å². The third-order valence-corrected chi connectivity index (χ3v) is 3.86. The van der Waals surface area contributed by atoms with E-state index >= 15 is 0 Å². The lowest BCUT2D eigenvalue weighted by Crippen LogP contribution is -2.15. The fraction of sp³-hybridized carbons (Fsp3) is 0.100. The molecular formula is C20H17N5O3. The van der Waals surface area contributed by atoms with Gasteiger partial charge in [-0.2, -0.15) is 5.26 Å². The van der Waals surface area contributed by atoms with Crippen LogP contribution < -0.4 is 20.1 Å². The number of nitriles is 1. The fourth-order valence-electron chi connectivity index (χ4n) is 2.44. The zero-order chi connectivity index (χ0) is 19.9. The molecule has 0 aliphatic carbocycles. The molecule has 2 N–H and O–H groups in total. The third kappa shape index (κ3) is 4.16. The number of methoxy groups -OCH3 is 2. The van der Waals surface area contributed by atoms with Crippen molar-refractivity contribution in [2.45, 2.75) is 0 Å². The Morgan fingerprint density at radius 2 is 1.82 bits per heavy atom. The molecule has 0 aliphatic rings. The number of nitrogens with zero attached hydrogens (tertiary/aromatic N) is 3. The van der Waals surface area contributed by atoms with Crippen LogP contribution in [0.1, 0.15) is 16.1 Å². The molecule has 0 atom stereocenters. The van der Waals surface area contributed by atoms with E-state index < -0.39 is 5.91 Å². The third-order valence-electron chi connectivity index (χ3n) is 3.86. The van der Waals surface area contributed by atoms with Crippen molar-refractivity contribution in [3.8, 4) is 17.6 Å². The van der Waals surface area contributed by atoms with Gasteiger partial charge in [0, 0.05) is 6.07 Å². The molecule has 1 aromatic heterocycles. The van der Waals surface area contributed by atoms with Gasteiger partial charge in [0.2, 0.25) is 0 Å². The summed E-state index contributed by atoms with van der Waals surface area (Å²) in [5.41, 5.74) is 1.72. The Balaban J connectivity index is 1.73. The summed E-state index contributed by atoms with van der Waals surface area (Å²) in [6.07, 6.45) is 0. The number of hydrogen-bond acceptors (Lipinski definition) is 7. The minimum atomic E-state index is -0.431. The molecule has 0 saturated carbocycles. The molecule has 140 valence electrons. The first kappa shape index (κ1) is 18.7. The van der Waals surface area contributed by atoms with Crippen LogP contribution in [0, 0.1) is 11.3 Å². The van der Waals surface area contributed by atoms with Gasteiger partial charge in [0.05, 0.1) is 31.2 Å². The van der Waals surface area contributed by atoms with Gasteiger partial charge in [-0.3, -0.25) is 4.79 Å². The molecule has 0 radical (unpaired) electrons. The number of benzene rings is 2. The smallest absolute Gasteiger partial charge is 0.276 e. The molecule has 8 heteroatoms. The van der Waals surface area contributed by atoms with Gasteiger partial charge in [0.1, 0.15) is 17.6 Å². The summed E-state index contributed by atoms with van der Waals surface area (Å²) in [6, 6.07) is 17.3. The Bertz CT molecular complexity index is 1030. The first-order chi connectivity index (χ1) is 13.6. The molecule has 0 bridgehead atoms. The van der Waals surface area contributed by atoms with E-state index in [0.717, 1.165) is 0 Å². The minimum absolute atomic E-state index is 0.136. The fourth-order valence-corrected chi connectivity index (χ4v) is 2.44. The molecule has 8 nitrogen and oxygen atoms in total. The van der Waals surface area contributed by atoms with E-state index in [-0.39, 0.29) is 5.69 Å². The minimum Gasteiger partial charge on any atom is -0.497 e. The molecule has 0 saturated heterocycles.